The third-order valence-corrected chi connectivity index (χ3v) is 3.79. The standard InChI is InChI=1S/C9H7ClOS2/c10-4-6-5-2-1-3-7(11)8(5)13-9(6)12/h1-3,11-12H,4H2. The molecule has 0 spiro atoms. The molecule has 4 heteroatoms. The van der Waals surface area contributed by atoms with Gasteiger partial charge in [-0.2, -0.15) is 0 Å². The maximum absolute atomic E-state index is 9.54. The number of thiol groups is 1. The summed E-state index contributed by atoms with van der Waals surface area (Å²) in [7, 11) is 0. The zero-order valence-corrected chi connectivity index (χ0v) is 9.09. The Kier molecular flexibility index (Phi) is 2.41. The molecule has 68 valence electrons. The number of phenolic OH excluding ortho intramolecular Hbond substituents is 1. The summed E-state index contributed by atoms with van der Waals surface area (Å²) in [5.41, 5.74) is 1.00. The summed E-state index contributed by atoms with van der Waals surface area (Å²) in [4.78, 5) is 0. The van der Waals surface area contributed by atoms with E-state index in [9.17, 15) is 5.11 Å². The fourth-order valence-electron chi connectivity index (χ4n) is 1.27. The van der Waals surface area contributed by atoms with Crippen LogP contribution in [0.4, 0.5) is 0 Å². The Balaban J connectivity index is 2.86. The highest BCUT2D eigenvalue weighted by molar-refractivity contribution is 7.83. The van der Waals surface area contributed by atoms with Crippen molar-refractivity contribution in [3.8, 4) is 5.75 Å². The first-order chi connectivity index (χ1) is 6.24. The van der Waals surface area contributed by atoms with Crippen molar-refractivity contribution in [2.75, 3.05) is 0 Å². The highest BCUT2D eigenvalue weighted by Crippen LogP contribution is 2.39. The van der Waals surface area contributed by atoms with Crippen molar-refractivity contribution >= 4 is 45.7 Å². The molecule has 1 heterocycles. The molecule has 2 aromatic rings. The summed E-state index contributed by atoms with van der Waals surface area (Å²) >= 11 is 11.5. The molecule has 2 rings (SSSR count). The largest absolute Gasteiger partial charge is 0.506 e. The van der Waals surface area contributed by atoms with Crippen LogP contribution in [0.2, 0.25) is 0 Å². The van der Waals surface area contributed by atoms with E-state index < -0.39 is 0 Å². The minimum absolute atomic E-state index is 0.300. The fraction of sp³-hybridized carbons (Fsp3) is 0.111. The third-order valence-electron chi connectivity index (χ3n) is 1.91. The lowest BCUT2D eigenvalue weighted by atomic mass is 10.2. The number of hydrogen-bond donors (Lipinski definition) is 2. The minimum Gasteiger partial charge on any atom is -0.506 e. The maximum atomic E-state index is 9.54. The smallest absolute Gasteiger partial charge is 0.133 e. The van der Waals surface area contributed by atoms with Crippen LogP contribution in [0.3, 0.4) is 0 Å². The number of alkyl halides is 1. The number of benzene rings is 1. The van der Waals surface area contributed by atoms with Crippen LogP contribution in [0.5, 0.6) is 5.75 Å². The van der Waals surface area contributed by atoms with E-state index in [4.69, 9.17) is 11.6 Å². The van der Waals surface area contributed by atoms with Crippen LogP contribution in [-0.2, 0) is 5.88 Å². The van der Waals surface area contributed by atoms with Gasteiger partial charge in [0.05, 0.1) is 8.91 Å². The summed E-state index contributed by atoms with van der Waals surface area (Å²) in [6.45, 7) is 0. The molecule has 0 bridgehead atoms. The molecule has 0 radical (unpaired) electrons. The summed E-state index contributed by atoms with van der Waals surface area (Å²) in [6.07, 6.45) is 0. The van der Waals surface area contributed by atoms with Gasteiger partial charge in [0.25, 0.3) is 0 Å². The number of aromatic hydroxyl groups is 1. The third kappa shape index (κ3) is 1.41. The Morgan fingerprint density at radius 2 is 2.23 bits per heavy atom. The van der Waals surface area contributed by atoms with Gasteiger partial charge in [-0.3, -0.25) is 0 Å². The molecule has 0 fully saturated rings. The lowest BCUT2D eigenvalue weighted by Gasteiger charge is -1.94. The molecule has 0 saturated carbocycles. The molecule has 1 aromatic carbocycles. The number of halogens is 1. The van der Waals surface area contributed by atoms with Gasteiger partial charge in [0.2, 0.25) is 0 Å². The molecule has 1 aromatic heterocycles. The van der Waals surface area contributed by atoms with Crippen molar-refractivity contribution in [1.29, 1.82) is 0 Å². The van der Waals surface area contributed by atoms with Crippen molar-refractivity contribution in [3.63, 3.8) is 0 Å². The average Bonchev–Trinajstić information content (AvgIpc) is 2.43. The molecule has 0 aliphatic rings. The second-order valence-electron chi connectivity index (χ2n) is 2.67. The van der Waals surface area contributed by atoms with Crippen molar-refractivity contribution in [3.05, 3.63) is 23.8 Å². The van der Waals surface area contributed by atoms with Crippen molar-refractivity contribution in [1.82, 2.24) is 0 Å². The summed E-state index contributed by atoms with van der Waals surface area (Å²) < 4.78 is 1.75. The number of phenols is 1. The van der Waals surface area contributed by atoms with E-state index in [2.05, 4.69) is 12.6 Å². The highest BCUT2D eigenvalue weighted by atomic mass is 35.5. The number of thiophene rings is 1. The molecule has 0 saturated heterocycles. The predicted octanol–water partition coefficient (Wildman–Crippen LogP) is 3.63. The van der Waals surface area contributed by atoms with Gasteiger partial charge in [-0.1, -0.05) is 12.1 Å². The molecule has 0 aliphatic heterocycles. The lowest BCUT2D eigenvalue weighted by Crippen LogP contribution is -1.74. The minimum atomic E-state index is 0.300. The summed E-state index contributed by atoms with van der Waals surface area (Å²) in [6, 6.07) is 5.43. The van der Waals surface area contributed by atoms with Crippen LogP contribution in [0.1, 0.15) is 5.56 Å². The van der Waals surface area contributed by atoms with Crippen LogP contribution in [0.25, 0.3) is 10.1 Å². The van der Waals surface area contributed by atoms with Crippen molar-refractivity contribution < 1.29 is 5.11 Å². The molecule has 1 N–H and O–H groups in total. The Labute approximate surface area is 90.4 Å². The van der Waals surface area contributed by atoms with Gasteiger partial charge in [0.1, 0.15) is 5.75 Å². The monoisotopic (exact) mass is 230 g/mol. The Hall–Kier alpha value is -0.380. The lowest BCUT2D eigenvalue weighted by molar-refractivity contribution is 0.482. The van der Waals surface area contributed by atoms with E-state index in [0.717, 1.165) is 19.9 Å². The van der Waals surface area contributed by atoms with Crippen LogP contribution < -0.4 is 0 Å². The quantitative estimate of drug-likeness (QED) is 0.566. The summed E-state index contributed by atoms with van der Waals surface area (Å²) in [5.74, 6) is 0.733. The molecule has 0 unspecified atom stereocenters. The Morgan fingerprint density at radius 1 is 1.46 bits per heavy atom. The van der Waals surface area contributed by atoms with Crippen LogP contribution >= 0.6 is 35.6 Å². The molecule has 1 nitrogen and oxygen atoms in total. The van der Waals surface area contributed by atoms with Gasteiger partial charge in [-0.05, 0) is 11.6 Å². The maximum Gasteiger partial charge on any atom is 0.133 e. The molecule has 0 amide bonds. The summed E-state index contributed by atoms with van der Waals surface area (Å²) in [5, 5.41) is 10.5. The number of rotatable bonds is 1. The van der Waals surface area contributed by atoms with Gasteiger partial charge >= 0.3 is 0 Å². The predicted molar refractivity (Wildman–Crippen MR) is 60.3 cm³/mol. The van der Waals surface area contributed by atoms with Gasteiger partial charge in [0.15, 0.2) is 0 Å². The Bertz CT molecular complexity index is 450. The number of hydrogen-bond acceptors (Lipinski definition) is 3. The van der Waals surface area contributed by atoms with E-state index >= 15 is 0 Å². The molecule has 13 heavy (non-hydrogen) atoms. The molecular formula is C9H7ClOS2. The zero-order valence-electron chi connectivity index (χ0n) is 6.62. The van der Waals surface area contributed by atoms with Gasteiger partial charge in [-0.25, -0.2) is 0 Å². The van der Waals surface area contributed by atoms with Gasteiger partial charge < -0.3 is 5.11 Å². The van der Waals surface area contributed by atoms with Crippen LogP contribution in [0.15, 0.2) is 22.4 Å². The SMILES string of the molecule is Oc1cccc2c(CCl)c(S)sc12. The van der Waals surface area contributed by atoms with E-state index in [1.165, 1.54) is 11.3 Å². The Morgan fingerprint density at radius 3 is 2.92 bits per heavy atom. The first kappa shape index (κ1) is 9.19. The number of fused-ring (bicyclic) bond motifs is 1. The second-order valence-corrected chi connectivity index (χ2v) is 4.71. The zero-order chi connectivity index (χ0) is 9.42. The van der Waals surface area contributed by atoms with E-state index in [1.54, 1.807) is 6.07 Å². The van der Waals surface area contributed by atoms with E-state index in [1.807, 2.05) is 12.1 Å². The van der Waals surface area contributed by atoms with Gasteiger partial charge in [0, 0.05) is 11.3 Å². The topological polar surface area (TPSA) is 20.2 Å². The molecule has 0 aliphatic carbocycles. The van der Waals surface area contributed by atoms with E-state index in [-0.39, 0.29) is 0 Å². The normalized spacial score (nSPS) is 10.9. The van der Waals surface area contributed by atoms with E-state index in [0.29, 0.717) is 11.6 Å². The average molecular weight is 231 g/mol. The first-order valence-corrected chi connectivity index (χ1v) is 5.52. The van der Waals surface area contributed by atoms with Crippen LogP contribution in [-0.4, -0.2) is 5.11 Å². The fourth-order valence-corrected chi connectivity index (χ4v) is 3.17. The first-order valence-electron chi connectivity index (χ1n) is 3.72. The molecule has 0 atom stereocenters. The van der Waals surface area contributed by atoms with Crippen molar-refractivity contribution in [2.24, 2.45) is 0 Å². The van der Waals surface area contributed by atoms with Crippen LogP contribution in [0, 0.1) is 0 Å². The van der Waals surface area contributed by atoms with Gasteiger partial charge in [-0.15, -0.1) is 35.6 Å². The highest BCUT2D eigenvalue weighted by Gasteiger charge is 2.10. The second kappa shape index (κ2) is 3.40. The van der Waals surface area contributed by atoms with Crippen molar-refractivity contribution in [2.45, 2.75) is 10.1 Å². The molecular weight excluding hydrogens is 224 g/mol.